The molecule has 3 aliphatic rings. The Bertz CT molecular complexity index is 733. The van der Waals surface area contributed by atoms with Crippen LogP contribution in [-0.2, 0) is 9.53 Å². The Kier molecular flexibility index (Phi) is 3.65. The van der Waals surface area contributed by atoms with Crippen LogP contribution in [0.15, 0.2) is 28.9 Å². The topological polar surface area (TPSA) is 72.4 Å². The molecular formula is C17H19N3O4. The summed E-state index contributed by atoms with van der Waals surface area (Å²) in [6, 6.07) is 5.55. The zero-order valence-corrected chi connectivity index (χ0v) is 13.6. The van der Waals surface area contributed by atoms with E-state index in [9.17, 15) is 4.79 Å². The van der Waals surface area contributed by atoms with Crippen LogP contribution in [0.3, 0.4) is 0 Å². The number of morpholine rings is 1. The molecule has 7 heteroatoms. The molecule has 1 aromatic carbocycles. The second-order valence-corrected chi connectivity index (χ2v) is 6.19. The number of rotatable bonds is 1. The molecule has 24 heavy (non-hydrogen) atoms. The highest BCUT2D eigenvalue weighted by Gasteiger charge is 2.30. The van der Waals surface area contributed by atoms with Crippen molar-refractivity contribution in [1.29, 1.82) is 0 Å². The SMILES string of the molecule is CC1CN(C2=NC(=Cc3ccc4c(c3)OCO4)C(=O)N2)CC(C)O1. The average Bonchev–Trinajstić information content (AvgIpc) is 3.13. The fraction of sp³-hybridized carbons (Fsp3) is 0.412. The van der Waals surface area contributed by atoms with Crippen LogP contribution in [0.4, 0.5) is 0 Å². The molecule has 1 aromatic rings. The Hall–Kier alpha value is -2.54. The number of carbonyl (C=O) groups is 1. The number of aliphatic imine (C=N–C) groups is 1. The first kappa shape index (κ1) is 15.0. The summed E-state index contributed by atoms with van der Waals surface area (Å²) in [6.07, 6.45) is 1.96. The Balaban J connectivity index is 1.57. The van der Waals surface area contributed by atoms with E-state index in [0.29, 0.717) is 36.2 Å². The summed E-state index contributed by atoms with van der Waals surface area (Å²) in [4.78, 5) is 18.7. The molecule has 1 N–H and O–H groups in total. The summed E-state index contributed by atoms with van der Waals surface area (Å²) in [5.41, 5.74) is 1.23. The Morgan fingerprint density at radius 3 is 2.75 bits per heavy atom. The number of carbonyl (C=O) groups excluding carboxylic acids is 1. The summed E-state index contributed by atoms with van der Waals surface area (Å²) in [6.45, 7) is 5.68. The lowest BCUT2D eigenvalue weighted by Crippen LogP contribution is -2.51. The minimum atomic E-state index is -0.200. The van der Waals surface area contributed by atoms with Crippen molar-refractivity contribution in [2.45, 2.75) is 26.1 Å². The summed E-state index contributed by atoms with van der Waals surface area (Å²) >= 11 is 0. The zero-order chi connectivity index (χ0) is 16.7. The molecule has 1 fully saturated rings. The van der Waals surface area contributed by atoms with Crippen LogP contribution in [0, 0.1) is 0 Å². The molecule has 4 rings (SSSR count). The van der Waals surface area contributed by atoms with Gasteiger partial charge in [-0.05, 0) is 37.6 Å². The van der Waals surface area contributed by atoms with Crippen molar-refractivity contribution >= 4 is 17.9 Å². The second-order valence-electron chi connectivity index (χ2n) is 6.19. The number of benzene rings is 1. The van der Waals surface area contributed by atoms with Crippen molar-refractivity contribution in [1.82, 2.24) is 10.2 Å². The molecule has 0 bridgehead atoms. The largest absolute Gasteiger partial charge is 0.454 e. The van der Waals surface area contributed by atoms with Gasteiger partial charge in [0.05, 0.1) is 12.2 Å². The van der Waals surface area contributed by atoms with Gasteiger partial charge in [0, 0.05) is 13.1 Å². The summed E-state index contributed by atoms with van der Waals surface area (Å²) in [5.74, 6) is 1.79. The molecule has 0 saturated carbocycles. The van der Waals surface area contributed by atoms with E-state index in [-0.39, 0.29) is 24.9 Å². The maximum absolute atomic E-state index is 12.2. The van der Waals surface area contributed by atoms with Crippen molar-refractivity contribution in [3.63, 3.8) is 0 Å². The van der Waals surface area contributed by atoms with Gasteiger partial charge in [-0.3, -0.25) is 10.1 Å². The van der Waals surface area contributed by atoms with E-state index in [1.165, 1.54) is 0 Å². The first-order chi connectivity index (χ1) is 11.6. The van der Waals surface area contributed by atoms with E-state index >= 15 is 0 Å². The third kappa shape index (κ3) is 2.82. The van der Waals surface area contributed by atoms with Gasteiger partial charge in [-0.1, -0.05) is 6.07 Å². The van der Waals surface area contributed by atoms with Gasteiger partial charge in [-0.2, -0.15) is 0 Å². The maximum Gasteiger partial charge on any atom is 0.276 e. The number of hydrogen-bond donors (Lipinski definition) is 1. The van der Waals surface area contributed by atoms with E-state index in [1.807, 2.05) is 32.0 Å². The van der Waals surface area contributed by atoms with Crippen molar-refractivity contribution < 1.29 is 19.0 Å². The summed E-state index contributed by atoms with van der Waals surface area (Å²) in [5, 5.41) is 2.84. The zero-order valence-electron chi connectivity index (χ0n) is 13.6. The quantitative estimate of drug-likeness (QED) is 0.788. The molecule has 0 aliphatic carbocycles. The highest BCUT2D eigenvalue weighted by Crippen LogP contribution is 2.33. The van der Waals surface area contributed by atoms with Gasteiger partial charge in [-0.25, -0.2) is 4.99 Å². The maximum atomic E-state index is 12.2. The van der Waals surface area contributed by atoms with Crippen LogP contribution < -0.4 is 14.8 Å². The number of guanidine groups is 1. The predicted molar refractivity (Wildman–Crippen MR) is 87.7 cm³/mol. The highest BCUT2D eigenvalue weighted by molar-refractivity contribution is 6.13. The lowest BCUT2D eigenvalue weighted by Gasteiger charge is -2.35. The monoisotopic (exact) mass is 329 g/mol. The molecule has 1 saturated heterocycles. The number of hydrogen-bond acceptors (Lipinski definition) is 6. The number of nitrogens with zero attached hydrogens (tertiary/aromatic N) is 2. The molecule has 0 aromatic heterocycles. The van der Waals surface area contributed by atoms with Gasteiger partial charge in [0.2, 0.25) is 12.8 Å². The van der Waals surface area contributed by atoms with Crippen molar-refractivity contribution in [2.75, 3.05) is 19.9 Å². The number of nitrogens with one attached hydrogen (secondary N) is 1. The molecule has 2 atom stereocenters. The molecule has 0 spiro atoms. The molecule has 3 heterocycles. The molecule has 0 radical (unpaired) electrons. The van der Waals surface area contributed by atoms with E-state index in [4.69, 9.17) is 14.2 Å². The van der Waals surface area contributed by atoms with Gasteiger partial charge in [0.25, 0.3) is 5.91 Å². The van der Waals surface area contributed by atoms with Gasteiger partial charge in [0.1, 0.15) is 5.70 Å². The normalized spacial score (nSPS) is 27.4. The van der Waals surface area contributed by atoms with Crippen LogP contribution in [0.5, 0.6) is 11.5 Å². The molecule has 3 aliphatic heterocycles. The smallest absolute Gasteiger partial charge is 0.276 e. The van der Waals surface area contributed by atoms with Crippen LogP contribution >= 0.6 is 0 Å². The van der Waals surface area contributed by atoms with Gasteiger partial charge >= 0.3 is 0 Å². The third-order valence-electron chi connectivity index (χ3n) is 4.10. The van der Waals surface area contributed by atoms with E-state index < -0.39 is 0 Å². The highest BCUT2D eigenvalue weighted by atomic mass is 16.7. The van der Waals surface area contributed by atoms with E-state index in [0.717, 1.165) is 5.56 Å². The Morgan fingerprint density at radius 1 is 1.21 bits per heavy atom. The first-order valence-corrected chi connectivity index (χ1v) is 8.00. The minimum absolute atomic E-state index is 0.107. The predicted octanol–water partition coefficient (Wildman–Crippen LogP) is 1.35. The van der Waals surface area contributed by atoms with E-state index in [2.05, 4.69) is 15.2 Å². The van der Waals surface area contributed by atoms with Crippen molar-refractivity contribution in [3.05, 3.63) is 29.5 Å². The fourth-order valence-corrected chi connectivity index (χ4v) is 3.12. The Morgan fingerprint density at radius 2 is 1.96 bits per heavy atom. The van der Waals surface area contributed by atoms with Crippen LogP contribution in [-0.4, -0.2) is 48.9 Å². The summed E-state index contributed by atoms with van der Waals surface area (Å²) < 4.78 is 16.4. The fourth-order valence-electron chi connectivity index (χ4n) is 3.12. The standard InChI is InChI=1S/C17H19N3O4/c1-10-7-20(8-11(2)24-10)17-18-13(16(21)19-17)5-12-3-4-14-15(6-12)23-9-22-14/h3-6,10-11H,7-9H2,1-2H3,(H,18,19,21). The average molecular weight is 329 g/mol. The summed E-state index contributed by atoms with van der Waals surface area (Å²) in [7, 11) is 0. The molecular weight excluding hydrogens is 310 g/mol. The molecule has 2 unspecified atom stereocenters. The lowest BCUT2D eigenvalue weighted by molar-refractivity contribution is -0.115. The number of amides is 1. The van der Waals surface area contributed by atoms with Crippen molar-refractivity contribution in [2.24, 2.45) is 4.99 Å². The molecule has 1 amide bonds. The van der Waals surface area contributed by atoms with E-state index in [1.54, 1.807) is 6.08 Å². The minimum Gasteiger partial charge on any atom is -0.454 e. The Labute approximate surface area is 139 Å². The number of fused-ring (bicyclic) bond motifs is 1. The van der Waals surface area contributed by atoms with Crippen LogP contribution in [0.25, 0.3) is 6.08 Å². The van der Waals surface area contributed by atoms with Crippen LogP contribution in [0.2, 0.25) is 0 Å². The van der Waals surface area contributed by atoms with Gasteiger partial charge < -0.3 is 19.1 Å². The number of ether oxygens (including phenoxy) is 3. The lowest BCUT2D eigenvalue weighted by atomic mass is 10.1. The molecule has 7 nitrogen and oxygen atoms in total. The second kappa shape index (κ2) is 5.83. The van der Waals surface area contributed by atoms with Gasteiger partial charge in [-0.15, -0.1) is 0 Å². The van der Waals surface area contributed by atoms with Crippen molar-refractivity contribution in [3.8, 4) is 11.5 Å². The molecule has 126 valence electrons. The first-order valence-electron chi connectivity index (χ1n) is 8.00. The van der Waals surface area contributed by atoms with Crippen LogP contribution in [0.1, 0.15) is 19.4 Å². The van der Waals surface area contributed by atoms with Gasteiger partial charge in [0.15, 0.2) is 11.5 Å². The third-order valence-corrected chi connectivity index (χ3v) is 4.10.